The summed E-state index contributed by atoms with van der Waals surface area (Å²) in [7, 11) is 2.37. The first-order chi connectivity index (χ1) is 10.3. The van der Waals surface area contributed by atoms with Gasteiger partial charge in [0, 0.05) is 33.3 Å². The van der Waals surface area contributed by atoms with Crippen LogP contribution in [0.5, 0.6) is 5.75 Å². The lowest BCUT2D eigenvalue weighted by molar-refractivity contribution is 0.0788. The van der Waals surface area contributed by atoms with E-state index in [2.05, 4.69) is 0 Å². The van der Waals surface area contributed by atoms with Crippen molar-refractivity contribution in [3.63, 3.8) is 0 Å². The van der Waals surface area contributed by atoms with Crippen molar-refractivity contribution in [2.75, 3.05) is 34.8 Å². The molecular weight excluding hydrogens is 304 g/mol. The van der Waals surface area contributed by atoms with Crippen LogP contribution in [0.15, 0.2) is 23.1 Å². The van der Waals surface area contributed by atoms with Gasteiger partial charge in [-0.3, -0.25) is 4.79 Å². The fourth-order valence-corrected chi connectivity index (χ4v) is 3.27. The van der Waals surface area contributed by atoms with E-state index < -0.39 is 10.0 Å². The van der Waals surface area contributed by atoms with Crippen LogP contribution < -0.4 is 4.74 Å². The highest BCUT2D eigenvalue weighted by Crippen LogP contribution is 2.30. The molecule has 2 rings (SSSR count). The fraction of sp³-hybridized carbons (Fsp3) is 0.533. The lowest BCUT2D eigenvalue weighted by Gasteiger charge is -2.19. The molecule has 0 saturated heterocycles. The molecule has 1 aromatic rings. The van der Waals surface area contributed by atoms with Gasteiger partial charge in [0.2, 0.25) is 10.0 Å². The SMILES string of the molecule is COc1ccc(C(=O)N(C)CC2CC2)cc1S(=O)(=O)N(C)C. The summed E-state index contributed by atoms with van der Waals surface area (Å²) >= 11 is 0. The van der Waals surface area contributed by atoms with Crippen molar-refractivity contribution in [2.45, 2.75) is 17.7 Å². The van der Waals surface area contributed by atoms with E-state index in [4.69, 9.17) is 4.74 Å². The van der Waals surface area contributed by atoms with Crippen LogP contribution in [0.4, 0.5) is 0 Å². The molecule has 1 fully saturated rings. The molecule has 0 N–H and O–H groups in total. The van der Waals surface area contributed by atoms with Crippen molar-refractivity contribution >= 4 is 15.9 Å². The van der Waals surface area contributed by atoms with Crippen molar-refractivity contribution < 1.29 is 17.9 Å². The van der Waals surface area contributed by atoms with Gasteiger partial charge in [-0.2, -0.15) is 0 Å². The molecule has 7 heteroatoms. The van der Waals surface area contributed by atoms with Crippen LogP contribution in [0.3, 0.4) is 0 Å². The Morgan fingerprint density at radius 3 is 2.41 bits per heavy atom. The molecule has 0 bridgehead atoms. The van der Waals surface area contributed by atoms with Gasteiger partial charge in [-0.25, -0.2) is 12.7 Å². The number of hydrogen-bond donors (Lipinski definition) is 0. The van der Waals surface area contributed by atoms with Crippen LogP contribution in [0.2, 0.25) is 0 Å². The number of hydrogen-bond acceptors (Lipinski definition) is 4. The number of rotatable bonds is 6. The van der Waals surface area contributed by atoms with Crippen LogP contribution in [-0.2, 0) is 10.0 Å². The second-order valence-electron chi connectivity index (χ2n) is 5.78. The second kappa shape index (κ2) is 6.26. The molecule has 0 atom stereocenters. The quantitative estimate of drug-likeness (QED) is 0.793. The monoisotopic (exact) mass is 326 g/mol. The average Bonchev–Trinajstić information content (AvgIpc) is 3.29. The van der Waals surface area contributed by atoms with Gasteiger partial charge in [0.05, 0.1) is 7.11 Å². The third-order valence-corrected chi connectivity index (χ3v) is 5.58. The van der Waals surface area contributed by atoms with Crippen molar-refractivity contribution in [3.8, 4) is 5.75 Å². The minimum atomic E-state index is -3.67. The summed E-state index contributed by atoms with van der Waals surface area (Å²) in [5, 5.41) is 0. The summed E-state index contributed by atoms with van der Waals surface area (Å²) in [6.45, 7) is 0.709. The summed E-state index contributed by atoms with van der Waals surface area (Å²) in [5.74, 6) is 0.636. The zero-order valence-electron chi connectivity index (χ0n) is 13.4. The smallest absolute Gasteiger partial charge is 0.253 e. The Bertz CT molecular complexity index is 666. The summed E-state index contributed by atoms with van der Waals surface area (Å²) in [4.78, 5) is 14.1. The van der Waals surface area contributed by atoms with E-state index in [1.165, 1.54) is 33.3 Å². The first-order valence-corrected chi connectivity index (χ1v) is 8.57. The Kier molecular flexibility index (Phi) is 4.77. The molecule has 1 aromatic carbocycles. The molecule has 0 spiro atoms. The molecule has 0 heterocycles. The number of carbonyl (C=O) groups is 1. The topological polar surface area (TPSA) is 66.9 Å². The Labute approximate surface area is 131 Å². The highest BCUT2D eigenvalue weighted by Gasteiger charge is 2.27. The van der Waals surface area contributed by atoms with Gasteiger partial charge in [0.15, 0.2) is 0 Å². The predicted octanol–water partition coefficient (Wildman–Crippen LogP) is 1.43. The van der Waals surface area contributed by atoms with Gasteiger partial charge in [0.25, 0.3) is 5.91 Å². The Hall–Kier alpha value is -1.60. The lowest BCUT2D eigenvalue weighted by atomic mass is 10.2. The second-order valence-corrected chi connectivity index (χ2v) is 7.90. The minimum Gasteiger partial charge on any atom is -0.495 e. The van der Waals surface area contributed by atoms with E-state index in [1.807, 2.05) is 0 Å². The summed E-state index contributed by atoms with van der Waals surface area (Å²) in [5.41, 5.74) is 0.351. The van der Waals surface area contributed by atoms with E-state index in [0.29, 0.717) is 18.0 Å². The summed E-state index contributed by atoms with van der Waals surface area (Å²) in [6, 6.07) is 4.51. The van der Waals surface area contributed by atoms with E-state index in [0.717, 1.165) is 17.1 Å². The number of sulfonamides is 1. The molecule has 22 heavy (non-hydrogen) atoms. The molecule has 1 aliphatic carbocycles. The number of amides is 1. The van der Waals surface area contributed by atoms with Crippen LogP contribution in [0.25, 0.3) is 0 Å². The maximum atomic E-state index is 12.4. The Morgan fingerprint density at radius 1 is 1.27 bits per heavy atom. The van der Waals surface area contributed by atoms with Crippen LogP contribution in [-0.4, -0.2) is 58.3 Å². The molecule has 0 aromatic heterocycles. The van der Waals surface area contributed by atoms with Crippen LogP contribution in [0.1, 0.15) is 23.2 Å². The summed E-state index contributed by atoms with van der Waals surface area (Å²) in [6.07, 6.45) is 2.31. The number of benzene rings is 1. The van der Waals surface area contributed by atoms with Gasteiger partial charge in [-0.05, 0) is 37.0 Å². The van der Waals surface area contributed by atoms with Crippen molar-refractivity contribution in [3.05, 3.63) is 23.8 Å². The zero-order valence-corrected chi connectivity index (χ0v) is 14.2. The van der Waals surface area contributed by atoms with Crippen molar-refractivity contribution in [1.29, 1.82) is 0 Å². The lowest BCUT2D eigenvalue weighted by Crippen LogP contribution is -2.29. The minimum absolute atomic E-state index is 0.00525. The van der Waals surface area contributed by atoms with Gasteiger partial charge in [-0.15, -0.1) is 0 Å². The van der Waals surface area contributed by atoms with Gasteiger partial charge in [-0.1, -0.05) is 0 Å². The van der Waals surface area contributed by atoms with E-state index in [-0.39, 0.29) is 16.6 Å². The molecular formula is C15H22N2O4S. The first-order valence-electron chi connectivity index (χ1n) is 7.13. The molecule has 0 aliphatic heterocycles. The normalized spacial score (nSPS) is 15.0. The van der Waals surface area contributed by atoms with E-state index >= 15 is 0 Å². The first kappa shape index (κ1) is 16.8. The largest absolute Gasteiger partial charge is 0.495 e. The Morgan fingerprint density at radius 2 is 1.91 bits per heavy atom. The molecule has 1 amide bonds. The summed E-state index contributed by atoms with van der Waals surface area (Å²) < 4.78 is 31.0. The van der Waals surface area contributed by atoms with Crippen molar-refractivity contribution in [1.82, 2.24) is 9.21 Å². The maximum Gasteiger partial charge on any atom is 0.253 e. The highest BCUT2D eigenvalue weighted by molar-refractivity contribution is 7.89. The van der Waals surface area contributed by atoms with Crippen LogP contribution >= 0.6 is 0 Å². The third kappa shape index (κ3) is 3.41. The molecule has 1 aliphatic rings. The van der Waals surface area contributed by atoms with Gasteiger partial charge in [0.1, 0.15) is 10.6 Å². The van der Waals surface area contributed by atoms with E-state index in [1.54, 1.807) is 18.0 Å². The molecule has 1 saturated carbocycles. The third-order valence-electron chi connectivity index (χ3n) is 3.74. The number of nitrogens with zero attached hydrogens (tertiary/aromatic N) is 2. The number of methoxy groups -OCH3 is 1. The van der Waals surface area contributed by atoms with Gasteiger partial charge >= 0.3 is 0 Å². The van der Waals surface area contributed by atoms with Gasteiger partial charge < -0.3 is 9.64 Å². The molecule has 122 valence electrons. The number of ether oxygens (including phenoxy) is 1. The number of carbonyl (C=O) groups excluding carboxylic acids is 1. The van der Waals surface area contributed by atoms with Crippen molar-refractivity contribution in [2.24, 2.45) is 5.92 Å². The Balaban J connectivity index is 2.36. The standard InChI is InChI=1S/C15H22N2O4S/c1-16(2)22(19,20)14-9-12(7-8-13(14)21-4)15(18)17(3)10-11-5-6-11/h7-9,11H,5-6,10H2,1-4H3. The molecule has 0 radical (unpaired) electrons. The van der Waals surface area contributed by atoms with E-state index in [9.17, 15) is 13.2 Å². The zero-order chi connectivity index (χ0) is 16.5. The average molecular weight is 326 g/mol. The predicted molar refractivity (Wildman–Crippen MR) is 83.6 cm³/mol. The van der Waals surface area contributed by atoms with Crippen LogP contribution in [0, 0.1) is 5.92 Å². The highest BCUT2D eigenvalue weighted by atomic mass is 32.2. The molecule has 0 unspecified atom stereocenters. The fourth-order valence-electron chi connectivity index (χ4n) is 2.20. The molecule has 6 nitrogen and oxygen atoms in total. The maximum absolute atomic E-state index is 12.4.